The van der Waals surface area contributed by atoms with Crippen molar-refractivity contribution in [2.75, 3.05) is 27.3 Å². The summed E-state index contributed by atoms with van der Waals surface area (Å²) < 4.78 is 16.8. The number of nitrogens with zero attached hydrogens (tertiary/aromatic N) is 3. The number of carbonyl (C=O) groups excluding carboxylic acids is 1. The van der Waals surface area contributed by atoms with E-state index in [1.54, 1.807) is 26.5 Å². The fourth-order valence-electron chi connectivity index (χ4n) is 4.54. The first-order valence-corrected chi connectivity index (χ1v) is 11.7. The number of likely N-dealkylation sites (tertiary alicyclic amines) is 1. The second kappa shape index (κ2) is 10.0. The van der Waals surface area contributed by atoms with Gasteiger partial charge in [0, 0.05) is 25.1 Å². The minimum atomic E-state index is -0.0773. The number of methoxy groups -OCH3 is 2. The van der Waals surface area contributed by atoms with E-state index in [1.165, 1.54) is 0 Å². The molecule has 5 rings (SSSR count). The zero-order chi connectivity index (χ0) is 24.2. The third-order valence-electron chi connectivity index (χ3n) is 6.33. The van der Waals surface area contributed by atoms with Gasteiger partial charge in [0.15, 0.2) is 5.89 Å². The molecule has 8 heteroatoms. The highest BCUT2D eigenvalue weighted by atomic mass is 16.5. The Morgan fingerprint density at radius 1 is 1.14 bits per heavy atom. The number of piperidine rings is 1. The minimum Gasteiger partial charge on any atom is -0.497 e. The van der Waals surface area contributed by atoms with Crippen LogP contribution in [0.5, 0.6) is 11.5 Å². The Morgan fingerprint density at radius 2 is 2.03 bits per heavy atom. The Balaban J connectivity index is 1.27. The second-order valence-corrected chi connectivity index (χ2v) is 8.65. The molecule has 2 aromatic carbocycles. The lowest BCUT2D eigenvalue weighted by Gasteiger charge is -2.30. The van der Waals surface area contributed by atoms with Crippen molar-refractivity contribution in [2.24, 2.45) is 0 Å². The smallest absolute Gasteiger partial charge is 0.271 e. The number of hydrogen-bond acceptors (Lipinski definition) is 6. The largest absolute Gasteiger partial charge is 0.497 e. The summed E-state index contributed by atoms with van der Waals surface area (Å²) in [6, 6.07) is 17.3. The van der Waals surface area contributed by atoms with Crippen molar-refractivity contribution in [1.29, 1.82) is 0 Å². The molecule has 0 radical (unpaired) electrons. The fourth-order valence-corrected chi connectivity index (χ4v) is 4.54. The molecule has 1 fully saturated rings. The third-order valence-corrected chi connectivity index (χ3v) is 6.33. The predicted molar refractivity (Wildman–Crippen MR) is 131 cm³/mol. The van der Waals surface area contributed by atoms with Crippen molar-refractivity contribution in [3.05, 3.63) is 83.7 Å². The van der Waals surface area contributed by atoms with Crippen LogP contribution in [0.15, 0.2) is 65.2 Å². The zero-order valence-electron chi connectivity index (χ0n) is 19.9. The van der Waals surface area contributed by atoms with E-state index in [1.807, 2.05) is 53.4 Å². The summed E-state index contributed by atoms with van der Waals surface area (Å²) in [7, 11) is 3.28. The van der Waals surface area contributed by atoms with Gasteiger partial charge < -0.3 is 18.8 Å². The van der Waals surface area contributed by atoms with E-state index in [9.17, 15) is 4.79 Å². The molecular weight excluding hydrogens is 444 g/mol. The number of carbonyl (C=O) groups is 1. The van der Waals surface area contributed by atoms with Crippen molar-refractivity contribution in [3.8, 4) is 22.8 Å². The molecule has 1 aliphatic rings. The summed E-state index contributed by atoms with van der Waals surface area (Å²) >= 11 is 0. The van der Waals surface area contributed by atoms with Crippen LogP contribution in [0.3, 0.4) is 0 Å². The lowest BCUT2D eigenvalue weighted by molar-refractivity contribution is 0.0692. The number of aromatic nitrogens is 3. The highest BCUT2D eigenvalue weighted by molar-refractivity contribution is 5.93. The van der Waals surface area contributed by atoms with Crippen molar-refractivity contribution >= 4 is 5.91 Å². The quantitative estimate of drug-likeness (QED) is 0.419. The number of H-pyrrole nitrogens is 1. The maximum atomic E-state index is 13.2. The average molecular weight is 473 g/mol. The first-order chi connectivity index (χ1) is 17.1. The molecule has 0 saturated carbocycles. The Bertz CT molecular complexity index is 1310. The first kappa shape index (κ1) is 22.7. The van der Waals surface area contributed by atoms with Crippen LogP contribution < -0.4 is 9.47 Å². The van der Waals surface area contributed by atoms with E-state index in [0.717, 1.165) is 35.5 Å². The molecule has 3 heterocycles. The number of nitrogens with one attached hydrogen (secondary N) is 1. The Hall–Kier alpha value is -4.07. The lowest BCUT2D eigenvalue weighted by Crippen LogP contribution is -2.39. The molecule has 1 aliphatic heterocycles. The van der Waals surface area contributed by atoms with Gasteiger partial charge in [-0.1, -0.05) is 24.3 Å². The van der Waals surface area contributed by atoms with E-state index in [4.69, 9.17) is 13.9 Å². The van der Waals surface area contributed by atoms with Crippen molar-refractivity contribution in [1.82, 2.24) is 20.1 Å². The molecule has 1 atom stereocenters. The molecule has 0 aliphatic carbocycles. The fraction of sp³-hybridized carbons (Fsp3) is 0.296. The van der Waals surface area contributed by atoms with Crippen LogP contribution in [0, 0.1) is 0 Å². The SMILES string of the molecule is COc1cccc(Cc2cnc(C3CCCN(C(=O)c4cc(-c5ccccc5OC)n[nH]4)C3)o2)c1. The van der Waals surface area contributed by atoms with E-state index < -0.39 is 0 Å². The summed E-state index contributed by atoms with van der Waals surface area (Å²) in [5, 5.41) is 7.25. The Labute approximate surface area is 203 Å². The first-order valence-electron chi connectivity index (χ1n) is 11.7. The molecule has 1 unspecified atom stereocenters. The van der Waals surface area contributed by atoms with Crippen LogP contribution in [-0.2, 0) is 6.42 Å². The van der Waals surface area contributed by atoms with Crippen LogP contribution in [-0.4, -0.2) is 53.3 Å². The van der Waals surface area contributed by atoms with E-state index in [2.05, 4.69) is 15.2 Å². The highest BCUT2D eigenvalue weighted by Gasteiger charge is 2.29. The normalized spacial score (nSPS) is 15.7. The molecule has 8 nitrogen and oxygen atoms in total. The van der Waals surface area contributed by atoms with Gasteiger partial charge in [-0.05, 0) is 48.7 Å². The molecule has 1 saturated heterocycles. The van der Waals surface area contributed by atoms with Crippen molar-refractivity contribution in [3.63, 3.8) is 0 Å². The lowest BCUT2D eigenvalue weighted by atomic mass is 9.97. The van der Waals surface area contributed by atoms with Crippen LogP contribution in [0.1, 0.15) is 46.5 Å². The molecule has 1 N–H and O–H groups in total. The van der Waals surface area contributed by atoms with Crippen molar-refractivity contribution < 1.29 is 18.7 Å². The molecule has 35 heavy (non-hydrogen) atoms. The van der Waals surface area contributed by atoms with Gasteiger partial charge in [-0.15, -0.1) is 0 Å². The number of amides is 1. The number of ether oxygens (including phenoxy) is 2. The van der Waals surface area contributed by atoms with Gasteiger partial charge in [-0.2, -0.15) is 5.10 Å². The Morgan fingerprint density at radius 3 is 2.89 bits per heavy atom. The number of hydrogen-bond donors (Lipinski definition) is 1. The van der Waals surface area contributed by atoms with Gasteiger partial charge >= 0.3 is 0 Å². The summed E-state index contributed by atoms with van der Waals surface area (Å²) in [5.74, 6) is 2.99. The van der Waals surface area contributed by atoms with E-state index in [-0.39, 0.29) is 11.8 Å². The average Bonchev–Trinajstić information content (AvgIpc) is 3.59. The summed E-state index contributed by atoms with van der Waals surface area (Å²) in [5.41, 5.74) is 3.06. The van der Waals surface area contributed by atoms with Gasteiger partial charge in [0.05, 0.1) is 32.0 Å². The van der Waals surface area contributed by atoms with E-state index in [0.29, 0.717) is 42.5 Å². The van der Waals surface area contributed by atoms with Crippen LogP contribution >= 0.6 is 0 Å². The van der Waals surface area contributed by atoms with Crippen LogP contribution in [0.4, 0.5) is 0 Å². The van der Waals surface area contributed by atoms with Crippen LogP contribution in [0.2, 0.25) is 0 Å². The molecule has 0 spiro atoms. The second-order valence-electron chi connectivity index (χ2n) is 8.65. The third kappa shape index (κ3) is 4.91. The zero-order valence-corrected chi connectivity index (χ0v) is 19.9. The Kier molecular flexibility index (Phi) is 6.52. The minimum absolute atomic E-state index is 0.0587. The number of rotatable bonds is 7. The summed E-state index contributed by atoms with van der Waals surface area (Å²) in [6.07, 6.45) is 4.24. The van der Waals surface area contributed by atoms with Gasteiger partial charge in [0.1, 0.15) is 23.0 Å². The maximum absolute atomic E-state index is 13.2. The molecular formula is C27H28N4O4. The topological polar surface area (TPSA) is 93.5 Å². The van der Waals surface area contributed by atoms with Gasteiger partial charge in [-0.3, -0.25) is 9.89 Å². The number of benzene rings is 2. The highest BCUT2D eigenvalue weighted by Crippen LogP contribution is 2.30. The molecule has 2 aromatic heterocycles. The summed E-state index contributed by atoms with van der Waals surface area (Å²) in [6.45, 7) is 1.25. The van der Waals surface area contributed by atoms with Gasteiger partial charge in [0.2, 0.25) is 0 Å². The van der Waals surface area contributed by atoms with Crippen LogP contribution in [0.25, 0.3) is 11.3 Å². The molecule has 1 amide bonds. The van der Waals surface area contributed by atoms with Crippen molar-refractivity contribution in [2.45, 2.75) is 25.2 Å². The summed E-state index contributed by atoms with van der Waals surface area (Å²) in [4.78, 5) is 19.6. The standard InChI is InChI=1S/C27H28N4O4/c1-33-20-9-5-7-18(13-20)14-21-16-28-26(35-21)19-8-6-12-31(17-19)27(32)24-15-23(29-30-24)22-10-3-4-11-25(22)34-2/h3-5,7,9-11,13,15-16,19H,6,8,12,14,17H2,1-2H3,(H,29,30). The number of aromatic amines is 1. The number of para-hydroxylation sites is 1. The number of oxazole rings is 1. The molecule has 4 aromatic rings. The van der Waals surface area contributed by atoms with Gasteiger partial charge in [0.25, 0.3) is 5.91 Å². The predicted octanol–water partition coefficient (Wildman–Crippen LogP) is 4.69. The van der Waals surface area contributed by atoms with Gasteiger partial charge in [-0.25, -0.2) is 4.98 Å². The monoisotopic (exact) mass is 472 g/mol. The molecule has 180 valence electrons. The molecule has 0 bridgehead atoms. The maximum Gasteiger partial charge on any atom is 0.271 e. The van der Waals surface area contributed by atoms with E-state index >= 15 is 0 Å².